The van der Waals surface area contributed by atoms with Gasteiger partial charge < -0.3 is 9.32 Å². The molecule has 2 aromatic rings. The molecular formula is C18H26N4O2S. The van der Waals surface area contributed by atoms with Crippen LogP contribution in [0.2, 0.25) is 0 Å². The smallest absolute Gasteiger partial charge is 0.290 e. The van der Waals surface area contributed by atoms with Gasteiger partial charge in [-0.2, -0.15) is 16.9 Å². The number of hydrogen-bond acceptors (Lipinski definition) is 5. The molecule has 1 N–H and O–H groups in total. The number of furan rings is 1. The largest absolute Gasteiger partial charge is 0.456 e. The molecule has 7 heteroatoms. The van der Waals surface area contributed by atoms with Crippen molar-refractivity contribution in [3.05, 3.63) is 34.8 Å². The number of nitrogens with one attached hydrogen (secondary N) is 1. The second-order valence-corrected chi connectivity index (χ2v) is 7.64. The summed E-state index contributed by atoms with van der Waals surface area (Å²) in [6.07, 6.45) is 4.28. The van der Waals surface area contributed by atoms with Gasteiger partial charge in [-0.05, 0) is 44.9 Å². The monoisotopic (exact) mass is 362 g/mol. The van der Waals surface area contributed by atoms with E-state index in [9.17, 15) is 4.79 Å². The molecule has 0 radical (unpaired) electrons. The van der Waals surface area contributed by atoms with Gasteiger partial charge in [0.25, 0.3) is 5.91 Å². The number of unbranched alkanes of at least 4 members (excludes halogenated alkanes) is 1. The first-order valence-electron chi connectivity index (χ1n) is 8.97. The van der Waals surface area contributed by atoms with Gasteiger partial charge in [0, 0.05) is 17.9 Å². The van der Waals surface area contributed by atoms with Gasteiger partial charge in [-0.1, -0.05) is 13.3 Å². The van der Waals surface area contributed by atoms with Gasteiger partial charge in [0.2, 0.25) is 0 Å². The Bertz CT molecular complexity index is 724. The lowest BCUT2D eigenvalue weighted by atomic mass is 10.2. The summed E-state index contributed by atoms with van der Waals surface area (Å²) in [5, 5.41) is 7.11. The van der Waals surface area contributed by atoms with Crippen LogP contribution in [0.25, 0.3) is 0 Å². The van der Waals surface area contributed by atoms with E-state index in [1.54, 1.807) is 0 Å². The Labute approximate surface area is 152 Å². The Morgan fingerprint density at radius 3 is 3.04 bits per heavy atom. The van der Waals surface area contributed by atoms with Crippen molar-refractivity contribution in [3.63, 3.8) is 0 Å². The Hall–Kier alpha value is -1.76. The molecule has 0 unspecified atom stereocenters. The molecule has 1 fully saturated rings. The topological polar surface area (TPSA) is 75.0 Å². The van der Waals surface area contributed by atoms with Crippen molar-refractivity contribution in [1.82, 2.24) is 20.1 Å². The number of likely N-dealkylation sites (tertiary alicyclic amines) is 1. The van der Waals surface area contributed by atoms with Crippen molar-refractivity contribution >= 4 is 17.7 Å². The van der Waals surface area contributed by atoms with Crippen molar-refractivity contribution in [3.8, 4) is 0 Å². The lowest BCUT2D eigenvalue weighted by Gasteiger charge is -2.21. The highest BCUT2D eigenvalue weighted by atomic mass is 32.2. The number of aryl methyl sites for hydroxylation is 2. The molecule has 136 valence electrons. The number of carbonyl (C=O) groups excluding carboxylic acids is 1. The molecule has 6 nitrogen and oxygen atoms in total. The second kappa shape index (κ2) is 8.08. The molecule has 0 aromatic carbocycles. The maximum Gasteiger partial charge on any atom is 0.290 e. The van der Waals surface area contributed by atoms with E-state index in [-0.39, 0.29) is 11.9 Å². The predicted octanol–water partition coefficient (Wildman–Crippen LogP) is 4.03. The number of aromatic amines is 1. The Balaban J connectivity index is 1.69. The highest BCUT2D eigenvalue weighted by Gasteiger charge is 2.34. The average Bonchev–Trinajstić information content (AvgIpc) is 3.31. The van der Waals surface area contributed by atoms with E-state index >= 15 is 0 Å². The van der Waals surface area contributed by atoms with E-state index in [0.717, 1.165) is 48.0 Å². The number of H-pyrrole nitrogens is 1. The fourth-order valence-corrected chi connectivity index (χ4v) is 4.27. The van der Waals surface area contributed by atoms with Gasteiger partial charge >= 0.3 is 0 Å². The minimum atomic E-state index is -0.0646. The third kappa shape index (κ3) is 4.08. The van der Waals surface area contributed by atoms with Crippen LogP contribution in [0, 0.1) is 13.8 Å². The summed E-state index contributed by atoms with van der Waals surface area (Å²) in [5.41, 5.74) is 1.12. The van der Waals surface area contributed by atoms with E-state index in [1.165, 1.54) is 12.8 Å². The standard InChI is InChI=1S/C18H26N4O2S/c1-4-5-9-25-11-14-10-16(24-12(14)2)18(23)22-8-6-7-15(22)17-19-13(3)20-21-17/h10,15H,4-9,11H2,1-3H3,(H,19,20,21)/t15-/m0/s1. The lowest BCUT2D eigenvalue weighted by molar-refractivity contribution is 0.0696. The van der Waals surface area contributed by atoms with E-state index < -0.39 is 0 Å². The minimum absolute atomic E-state index is 0.0575. The van der Waals surface area contributed by atoms with Crippen molar-refractivity contribution in [1.29, 1.82) is 0 Å². The summed E-state index contributed by atoms with van der Waals surface area (Å²) >= 11 is 1.89. The first-order valence-corrected chi connectivity index (χ1v) is 10.1. The van der Waals surface area contributed by atoms with Gasteiger partial charge in [0.05, 0.1) is 6.04 Å². The van der Waals surface area contributed by atoms with Crippen LogP contribution in [0.15, 0.2) is 10.5 Å². The summed E-state index contributed by atoms with van der Waals surface area (Å²) in [4.78, 5) is 19.2. The summed E-state index contributed by atoms with van der Waals surface area (Å²) in [6.45, 7) is 6.72. The molecule has 1 saturated heterocycles. The molecular weight excluding hydrogens is 336 g/mol. The third-order valence-corrected chi connectivity index (χ3v) is 5.65. The number of carbonyl (C=O) groups is 1. The summed E-state index contributed by atoms with van der Waals surface area (Å²) in [5.74, 6) is 4.73. The summed E-state index contributed by atoms with van der Waals surface area (Å²) in [7, 11) is 0. The number of nitrogens with zero attached hydrogens (tertiary/aromatic N) is 3. The van der Waals surface area contributed by atoms with Crippen LogP contribution in [-0.4, -0.2) is 38.3 Å². The van der Waals surface area contributed by atoms with Crippen LogP contribution in [-0.2, 0) is 5.75 Å². The maximum absolute atomic E-state index is 12.9. The van der Waals surface area contributed by atoms with Crippen molar-refractivity contribution in [2.45, 2.75) is 58.2 Å². The van der Waals surface area contributed by atoms with Crippen molar-refractivity contribution in [2.75, 3.05) is 12.3 Å². The molecule has 1 atom stereocenters. The van der Waals surface area contributed by atoms with Crippen molar-refractivity contribution in [2.24, 2.45) is 0 Å². The summed E-state index contributed by atoms with van der Waals surface area (Å²) < 4.78 is 5.78. The predicted molar refractivity (Wildman–Crippen MR) is 98.6 cm³/mol. The van der Waals surface area contributed by atoms with E-state index in [0.29, 0.717) is 11.6 Å². The molecule has 0 saturated carbocycles. The normalized spacial score (nSPS) is 17.4. The number of thioether (sulfide) groups is 1. The van der Waals surface area contributed by atoms with Crippen LogP contribution in [0.1, 0.15) is 72.2 Å². The number of rotatable bonds is 7. The highest BCUT2D eigenvalue weighted by Crippen LogP contribution is 2.32. The SMILES string of the molecule is CCCCSCc1cc(C(=O)N2CCC[C@H]2c2n[nH]c(C)n2)oc1C. The molecule has 0 aliphatic carbocycles. The van der Waals surface area contributed by atoms with Crippen LogP contribution in [0.4, 0.5) is 0 Å². The average molecular weight is 362 g/mol. The Kier molecular flexibility index (Phi) is 5.83. The Morgan fingerprint density at radius 1 is 1.48 bits per heavy atom. The van der Waals surface area contributed by atoms with E-state index in [2.05, 4.69) is 22.1 Å². The molecule has 3 rings (SSSR count). The van der Waals surface area contributed by atoms with Gasteiger partial charge in [0.1, 0.15) is 11.6 Å². The molecule has 2 aromatic heterocycles. The zero-order valence-corrected chi connectivity index (χ0v) is 16.0. The molecule has 1 aliphatic rings. The second-order valence-electron chi connectivity index (χ2n) is 6.53. The van der Waals surface area contributed by atoms with Gasteiger partial charge in [0.15, 0.2) is 11.6 Å². The highest BCUT2D eigenvalue weighted by molar-refractivity contribution is 7.98. The fraction of sp³-hybridized carbons (Fsp3) is 0.611. The number of hydrogen-bond donors (Lipinski definition) is 1. The lowest BCUT2D eigenvalue weighted by Crippen LogP contribution is -2.30. The molecule has 0 spiro atoms. The van der Waals surface area contributed by atoms with Crippen molar-refractivity contribution < 1.29 is 9.21 Å². The third-order valence-electron chi connectivity index (χ3n) is 4.56. The van der Waals surface area contributed by atoms with Crippen LogP contribution >= 0.6 is 11.8 Å². The first-order chi connectivity index (χ1) is 12.1. The van der Waals surface area contributed by atoms with Crippen LogP contribution in [0.3, 0.4) is 0 Å². The minimum Gasteiger partial charge on any atom is -0.456 e. The molecule has 3 heterocycles. The van der Waals surface area contributed by atoms with Crippen LogP contribution in [0.5, 0.6) is 0 Å². The number of amides is 1. The zero-order valence-electron chi connectivity index (χ0n) is 15.2. The fourth-order valence-electron chi connectivity index (χ4n) is 3.13. The van der Waals surface area contributed by atoms with E-state index in [4.69, 9.17) is 4.42 Å². The Morgan fingerprint density at radius 2 is 2.32 bits per heavy atom. The molecule has 0 bridgehead atoms. The summed E-state index contributed by atoms with van der Waals surface area (Å²) in [6, 6.07) is 1.85. The molecule has 25 heavy (non-hydrogen) atoms. The zero-order chi connectivity index (χ0) is 17.8. The quantitative estimate of drug-likeness (QED) is 0.753. The van der Waals surface area contributed by atoms with Crippen LogP contribution < -0.4 is 0 Å². The van der Waals surface area contributed by atoms with E-state index in [1.807, 2.05) is 36.6 Å². The first kappa shape index (κ1) is 18.0. The van der Waals surface area contributed by atoms with Gasteiger partial charge in [-0.15, -0.1) is 0 Å². The maximum atomic E-state index is 12.9. The molecule has 1 amide bonds. The molecule has 1 aliphatic heterocycles. The van der Waals surface area contributed by atoms with Gasteiger partial charge in [-0.25, -0.2) is 4.98 Å². The van der Waals surface area contributed by atoms with Gasteiger partial charge in [-0.3, -0.25) is 9.89 Å². The number of aromatic nitrogens is 3.